The summed E-state index contributed by atoms with van der Waals surface area (Å²) in [4.78, 5) is 24.2. The maximum atomic E-state index is 12.3. The Kier molecular flexibility index (Phi) is 8.00. The Balaban J connectivity index is 1.44. The van der Waals surface area contributed by atoms with Gasteiger partial charge in [0.1, 0.15) is 5.75 Å². The largest absolute Gasteiger partial charge is 0.482 e. The molecule has 6 nitrogen and oxygen atoms in total. The lowest BCUT2D eigenvalue weighted by atomic mass is 10.0. The van der Waals surface area contributed by atoms with Gasteiger partial charge in [0.05, 0.1) is 5.02 Å². The Labute approximate surface area is 198 Å². The van der Waals surface area contributed by atoms with Crippen LogP contribution < -0.4 is 20.9 Å². The first-order valence-corrected chi connectivity index (χ1v) is 10.6. The van der Waals surface area contributed by atoms with Gasteiger partial charge < -0.3 is 4.74 Å². The number of nitrogens with one attached hydrogen (secondary N) is 3. The van der Waals surface area contributed by atoms with Crippen LogP contribution in [0.4, 0.5) is 0 Å². The van der Waals surface area contributed by atoms with Crippen molar-refractivity contribution in [3.8, 4) is 16.9 Å². The van der Waals surface area contributed by atoms with Crippen LogP contribution >= 0.6 is 39.7 Å². The SMILES string of the molecule is O=C(COc1ccc(Br)cc1Cl)NC(=S)NNC(=O)c1ccc(-c2ccccc2)cc1. The van der Waals surface area contributed by atoms with Gasteiger partial charge in [-0.05, 0) is 53.7 Å². The molecule has 31 heavy (non-hydrogen) atoms. The molecule has 0 aliphatic carbocycles. The fraction of sp³-hybridized carbons (Fsp3) is 0.0455. The fourth-order valence-electron chi connectivity index (χ4n) is 2.56. The van der Waals surface area contributed by atoms with Crippen molar-refractivity contribution in [3.63, 3.8) is 0 Å². The maximum Gasteiger partial charge on any atom is 0.269 e. The van der Waals surface area contributed by atoms with Gasteiger partial charge in [-0.25, -0.2) is 0 Å². The third-order valence-electron chi connectivity index (χ3n) is 4.05. The molecule has 2 amide bonds. The van der Waals surface area contributed by atoms with Crippen LogP contribution in [-0.4, -0.2) is 23.5 Å². The second kappa shape index (κ2) is 10.9. The minimum absolute atomic E-state index is 0.0650. The Morgan fingerprint density at radius 1 is 0.935 bits per heavy atom. The van der Waals surface area contributed by atoms with E-state index >= 15 is 0 Å². The van der Waals surface area contributed by atoms with Crippen molar-refractivity contribution in [3.05, 3.63) is 87.9 Å². The minimum Gasteiger partial charge on any atom is -0.482 e. The second-order valence-corrected chi connectivity index (χ2v) is 7.99. The molecule has 0 bridgehead atoms. The molecule has 3 aromatic carbocycles. The van der Waals surface area contributed by atoms with Crippen LogP contribution in [0.2, 0.25) is 5.02 Å². The molecule has 0 aliphatic heterocycles. The lowest BCUT2D eigenvalue weighted by molar-refractivity contribution is -0.121. The molecular weight excluding hydrogens is 502 g/mol. The molecule has 0 spiro atoms. The first-order chi connectivity index (χ1) is 14.9. The third kappa shape index (κ3) is 6.78. The molecule has 0 aliphatic rings. The zero-order valence-electron chi connectivity index (χ0n) is 16.0. The van der Waals surface area contributed by atoms with Crippen LogP contribution in [-0.2, 0) is 4.79 Å². The van der Waals surface area contributed by atoms with Crippen LogP contribution in [0.25, 0.3) is 11.1 Å². The molecule has 0 fully saturated rings. The summed E-state index contributed by atoms with van der Waals surface area (Å²) in [6.07, 6.45) is 0. The Morgan fingerprint density at radius 3 is 2.29 bits per heavy atom. The van der Waals surface area contributed by atoms with E-state index in [0.717, 1.165) is 15.6 Å². The zero-order valence-corrected chi connectivity index (χ0v) is 19.2. The number of ether oxygens (including phenoxy) is 1. The molecule has 3 rings (SSSR count). The molecule has 9 heteroatoms. The van der Waals surface area contributed by atoms with Gasteiger partial charge in [-0.3, -0.25) is 25.8 Å². The van der Waals surface area contributed by atoms with E-state index in [4.69, 9.17) is 28.6 Å². The van der Waals surface area contributed by atoms with E-state index in [1.807, 2.05) is 42.5 Å². The number of halogens is 2. The summed E-state index contributed by atoms with van der Waals surface area (Å²) in [7, 11) is 0. The average Bonchev–Trinajstić information content (AvgIpc) is 2.77. The number of carbonyl (C=O) groups excluding carboxylic acids is 2. The summed E-state index contributed by atoms with van der Waals surface area (Å²) in [6.45, 7) is -0.294. The predicted molar refractivity (Wildman–Crippen MR) is 128 cm³/mol. The highest BCUT2D eigenvalue weighted by Gasteiger charge is 2.10. The molecule has 0 saturated carbocycles. The summed E-state index contributed by atoms with van der Waals surface area (Å²) in [5, 5.41) is 2.71. The summed E-state index contributed by atoms with van der Waals surface area (Å²) in [6, 6.07) is 22.0. The van der Waals surface area contributed by atoms with Crippen molar-refractivity contribution in [2.45, 2.75) is 0 Å². The molecule has 0 saturated heterocycles. The number of hydrazine groups is 1. The van der Waals surface area contributed by atoms with Crippen LogP contribution in [0.15, 0.2) is 77.3 Å². The smallest absolute Gasteiger partial charge is 0.269 e. The van der Waals surface area contributed by atoms with E-state index in [0.29, 0.717) is 16.3 Å². The Hall–Kier alpha value is -2.94. The van der Waals surface area contributed by atoms with E-state index in [1.165, 1.54) is 0 Å². The highest BCUT2D eigenvalue weighted by molar-refractivity contribution is 9.10. The second-order valence-electron chi connectivity index (χ2n) is 6.26. The number of hydrogen-bond acceptors (Lipinski definition) is 4. The third-order valence-corrected chi connectivity index (χ3v) is 5.04. The zero-order chi connectivity index (χ0) is 22.2. The Bertz CT molecular complexity index is 1090. The average molecular weight is 519 g/mol. The number of thiocarbonyl (C=S) groups is 1. The molecule has 0 atom stereocenters. The lowest BCUT2D eigenvalue weighted by Gasteiger charge is -2.12. The molecule has 0 heterocycles. The summed E-state index contributed by atoms with van der Waals surface area (Å²) in [5.74, 6) is -0.529. The van der Waals surface area contributed by atoms with E-state index in [2.05, 4.69) is 32.1 Å². The van der Waals surface area contributed by atoms with Crippen molar-refractivity contribution in [2.75, 3.05) is 6.61 Å². The van der Waals surface area contributed by atoms with Gasteiger partial charge in [0.2, 0.25) is 0 Å². The first kappa shape index (κ1) is 22.7. The summed E-state index contributed by atoms with van der Waals surface area (Å²) >= 11 is 14.3. The van der Waals surface area contributed by atoms with E-state index < -0.39 is 11.8 Å². The van der Waals surface area contributed by atoms with E-state index in [9.17, 15) is 9.59 Å². The summed E-state index contributed by atoms with van der Waals surface area (Å²) in [5.41, 5.74) is 7.42. The van der Waals surface area contributed by atoms with Crippen LogP contribution in [0.5, 0.6) is 5.75 Å². The fourth-order valence-corrected chi connectivity index (χ4v) is 3.45. The molecule has 3 N–H and O–H groups in total. The van der Waals surface area contributed by atoms with Crippen LogP contribution in [0, 0.1) is 0 Å². The number of benzene rings is 3. The van der Waals surface area contributed by atoms with Gasteiger partial charge in [-0.2, -0.15) is 0 Å². The van der Waals surface area contributed by atoms with Gasteiger partial charge in [-0.1, -0.05) is 70.0 Å². The molecular formula is C22H17BrClN3O3S. The standard InChI is InChI=1S/C22H17BrClN3O3S/c23-17-10-11-19(18(24)12-17)30-13-20(28)25-22(31)27-26-21(29)16-8-6-15(7-9-16)14-4-2-1-3-5-14/h1-12H,13H2,(H,26,29)(H2,25,27,28,31). The van der Waals surface area contributed by atoms with Crippen molar-refractivity contribution in [1.29, 1.82) is 0 Å². The molecule has 0 radical (unpaired) electrons. The van der Waals surface area contributed by atoms with Gasteiger partial charge >= 0.3 is 0 Å². The van der Waals surface area contributed by atoms with Crippen LogP contribution in [0.3, 0.4) is 0 Å². The highest BCUT2D eigenvalue weighted by atomic mass is 79.9. The van der Waals surface area contributed by atoms with Gasteiger partial charge in [-0.15, -0.1) is 0 Å². The van der Waals surface area contributed by atoms with Crippen molar-refractivity contribution < 1.29 is 14.3 Å². The highest BCUT2D eigenvalue weighted by Crippen LogP contribution is 2.27. The molecule has 3 aromatic rings. The lowest BCUT2D eigenvalue weighted by Crippen LogP contribution is -2.49. The normalized spacial score (nSPS) is 10.1. The topological polar surface area (TPSA) is 79.5 Å². The monoisotopic (exact) mass is 517 g/mol. The number of carbonyl (C=O) groups is 2. The van der Waals surface area contributed by atoms with Crippen LogP contribution in [0.1, 0.15) is 10.4 Å². The van der Waals surface area contributed by atoms with Crippen molar-refractivity contribution >= 4 is 56.7 Å². The number of hydrogen-bond donors (Lipinski definition) is 3. The number of rotatable bonds is 5. The molecule has 0 unspecified atom stereocenters. The van der Waals surface area contributed by atoms with E-state index in [1.54, 1.807) is 30.3 Å². The van der Waals surface area contributed by atoms with Crippen molar-refractivity contribution in [2.24, 2.45) is 0 Å². The van der Waals surface area contributed by atoms with Gasteiger partial charge in [0.25, 0.3) is 11.8 Å². The van der Waals surface area contributed by atoms with Gasteiger partial charge in [0.15, 0.2) is 11.7 Å². The maximum absolute atomic E-state index is 12.3. The Morgan fingerprint density at radius 2 is 1.61 bits per heavy atom. The van der Waals surface area contributed by atoms with Crippen molar-refractivity contribution in [1.82, 2.24) is 16.2 Å². The molecule has 0 aromatic heterocycles. The summed E-state index contributed by atoms with van der Waals surface area (Å²) < 4.78 is 6.15. The van der Waals surface area contributed by atoms with E-state index in [-0.39, 0.29) is 11.7 Å². The molecule has 158 valence electrons. The predicted octanol–water partition coefficient (Wildman–Crippen LogP) is 4.48. The first-order valence-electron chi connectivity index (χ1n) is 9.06. The number of amides is 2. The van der Waals surface area contributed by atoms with Gasteiger partial charge in [0, 0.05) is 10.0 Å². The minimum atomic E-state index is -0.502. The quantitative estimate of drug-likeness (QED) is 0.343.